The fraction of sp³-hybridized carbons (Fsp3) is 0.0714. The molecule has 1 heterocycles. The van der Waals surface area contributed by atoms with Crippen molar-refractivity contribution >= 4 is 17.4 Å². The van der Waals surface area contributed by atoms with Crippen LogP contribution in [0.15, 0.2) is 36.5 Å². The number of aromatic nitrogens is 1. The minimum absolute atomic E-state index is 0.318. The van der Waals surface area contributed by atoms with Crippen molar-refractivity contribution in [3.63, 3.8) is 0 Å². The van der Waals surface area contributed by atoms with E-state index in [4.69, 9.17) is 22.1 Å². The third-order valence-electron chi connectivity index (χ3n) is 2.55. The van der Waals surface area contributed by atoms with Gasteiger partial charge in [-0.15, -0.1) is 0 Å². The van der Waals surface area contributed by atoms with Gasteiger partial charge in [0, 0.05) is 12.7 Å². The van der Waals surface area contributed by atoms with Gasteiger partial charge in [-0.1, -0.05) is 23.7 Å². The van der Waals surface area contributed by atoms with Crippen molar-refractivity contribution in [1.29, 1.82) is 10.5 Å². The Balaban J connectivity index is 2.11. The molecule has 1 aromatic carbocycles. The number of anilines is 1. The highest BCUT2D eigenvalue weighted by Gasteiger charge is 2.06. The first-order chi connectivity index (χ1) is 9.24. The van der Waals surface area contributed by atoms with Gasteiger partial charge in [-0.3, -0.25) is 0 Å². The molecule has 0 bridgehead atoms. The standard InChI is InChI=1S/C14H9ClN4/c15-13-12(8-17)5-6-18-14(13)19-9-11-3-1-10(7-16)2-4-11/h1-6H,9H2,(H,18,19). The Morgan fingerprint density at radius 2 is 1.84 bits per heavy atom. The summed E-state index contributed by atoms with van der Waals surface area (Å²) in [6, 6.07) is 12.8. The van der Waals surface area contributed by atoms with E-state index in [0.717, 1.165) is 5.56 Å². The highest BCUT2D eigenvalue weighted by Crippen LogP contribution is 2.23. The van der Waals surface area contributed by atoms with Crippen molar-refractivity contribution in [1.82, 2.24) is 4.98 Å². The van der Waals surface area contributed by atoms with Gasteiger partial charge in [0.05, 0.1) is 17.2 Å². The molecule has 19 heavy (non-hydrogen) atoms. The summed E-state index contributed by atoms with van der Waals surface area (Å²) in [5, 5.41) is 21.0. The van der Waals surface area contributed by atoms with Crippen LogP contribution in [-0.2, 0) is 6.54 Å². The van der Waals surface area contributed by atoms with Gasteiger partial charge in [0.15, 0.2) is 0 Å². The lowest BCUT2D eigenvalue weighted by atomic mass is 10.1. The lowest BCUT2D eigenvalue weighted by Gasteiger charge is -2.08. The number of nitriles is 2. The molecule has 5 heteroatoms. The molecule has 0 amide bonds. The van der Waals surface area contributed by atoms with Crippen molar-refractivity contribution in [2.75, 3.05) is 5.32 Å². The molecule has 0 atom stereocenters. The van der Waals surface area contributed by atoms with Crippen LogP contribution in [-0.4, -0.2) is 4.98 Å². The Morgan fingerprint density at radius 3 is 2.47 bits per heavy atom. The van der Waals surface area contributed by atoms with Crippen LogP contribution in [0.4, 0.5) is 5.82 Å². The van der Waals surface area contributed by atoms with Gasteiger partial charge in [-0.2, -0.15) is 10.5 Å². The number of halogens is 1. The molecule has 4 nitrogen and oxygen atoms in total. The van der Waals surface area contributed by atoms with Crippen LogP contribution in [0.1, 0.15) is 16.7 Å². The average Bonchev–Trinajstić information content (AvgIpc) is 2.47. The SMILES string of the molecule is N#Cc1ccc(CNc2nccc(C#N)c2Cl)cc1. The lowest BCUT2D eigenvalue weighted by molar-refractivity contribution is 1.11. The smallest absolute Gasteiger partial charge is 0.146 e. The van der Waals surface area contributed by atoms with E-state index in [0.29, 0.717) is 28.5 Å². The van der Waals surface area contributed by atoms with Crippen LogP contribution < -0.4 is 5.32 Å². The molecule has 2 rings (SSSR count). The number of nitrogens with zero attached hydrogens (tertiary/aromatic N) is 3. The molecule has 0 fully saturated rings. The van der Waals surface area contributed by atoms with Gasteiger partial charge in [0.1, 0.15) is 16.9 Å². The molecule has 0 spiro atoms. The van der Waals surface area contributed by atoms with Crippen molar-refractivity contribution in [3.8, 4) is 12.1 Å². The zero-order valence-corrected chi connectivity index (χ0v) is 10.6. The number of nitrogens with one attached hydrogen (secondary N) is 1. The van der Waals surface area contributed by atoms with Gasteiger partial charge >= 0.3 is 0 Å². The topological polar surface area (TPSA) is 72.5 Å². The summed E-state index contributed by atoms with van der Waals surface area (Å²) in [4.78, 5) is 4.09. The van der Waals surface area contributed by atoms with Gasteiger partial charge in [-0.25, -0.2) is 4.98 Å². The Hall–Kier alpha value is -2.56. The molecule has 0 saturated carbocycles. The van der Waals surface area contributed by atoms with Crippen LogP contribution in [0.3, 0.4) is 0 Å². The van der Waals surface area contributed by atoms with E-state index in [9.17, 15) is 0 Å². The maximum Gasteiger partial charge on any atom is 0.146 e. The number of hydrogen-bond donors (Lipinski definition) is 1. The minimum atomic E-state index is 0.318. The molecule has 1 aromatic heterocycles. The highest BCUT2D eigenvalue weighted by molar-refractivity contribution is 6.34. The van der Waals surface area contributed by atoms with E-state index >= 15 is 0 Å². The van der Waals surface area contributed by atoms with Crippen LogP contribution >= 0.6 is 11.6 Å². The van der Waals surface area contributed by atoms with Crippen LogP contribution in [0, 0.1) is 22.7 Å². The van der Waals surface area contributed by atoms with E-state index in [2.05, 4.69) is 16.4 Å². The molecule has 0 saturated heterocycles. The molecule has 2 aromatic rings. The van der Waals surface area contributed by atoms with Crippen molar-refractivity contribution in [2.24, 2.45) is 0 Å². The summed E-state index contributed by atoms with van der Waals surface area (Å²) >= 11 is 6.03. The van der Waals surface area contributed by atoms with Crippen molar-refractivity contribution in [3.05, 3.63) is 58.2 Å². The second kappa shape index (κ2) is 5.86. The van der Waals surface area contributed by atoms with Crippen molar-refractivity contribution in [2.45, 2.75) is 6.54 Å². The second-order valence-corrected chi connectivity index (χ2v) is 4.17. The lowest BCUT2D eigenvalue weighted by Crippen LogP contribution is -2.02. The van der Waals surface area contributed by atoms with Gasteiger partial charge < -0.3 is 5.32 Å². The Kier molecular flexibility index (Phi) is 3.97. The number of pyridine rings is 1. The van der Waals surface area contributed by atoms with Crippen molar-refractivity contribution < 1.29 is 0 Å². The van der Waals surface area contributed by atoms with Gasteiger partial charge in [0.25, 0.3) is 0 Å². The molecule has 92 valence electrons. The maximum atomic E-state index is 8.87. The Bertz CT molecular complexity index is 665. The van der Waals surface area contributed by atoms with E-state index in [1.54, 1.807) is 18.2 Å². The molecule has 0 aliphatic rings. The van der Waals surface area contributed by atoms with E-state index in [-0.39, 0.29) is 0 Å². The monoisotopic (exact) mass is 268 g/mol. The van der Waals surface area contributed by atoms with E-state index in [1.165, 1.54) is 6.20 Å². The van der Waals surface area contributed by atoms with Gasteiger partial charge in [0.2, 0.25) is 0 Å². The average molecular weight is 269 g/mol. The summed E-state index contributed by atoms with van der Waals surface area (Å²) in [5.41, 5.74) is 2.00. The first-order valence-electron chi connectivity index (χ1n) is 5.52. The first kappa shape index (κ1) is 12.9. The predicted octanol–water partition coefficient (Wildman–Crippen LogP) is 3.09. The fourth-order valence-electron chi connectivity index (χ4n) is 1.54. The molecule has 1 N–H and O–H groups in total. The fourth-order valence-corrected chi connectivity index (χ4v) is 1.76. The van der Waals surface area contributed by atoms with E-state index in [1.807, 2.05) is 18.2 Å². The number of benzene rings is 1. The van der Waals surface area contributed by atoms with Gasteiger partial charge in [-0.05, 0) is 23.8 Å². The predicted molar refractivity (Wildman–Crippen MR) is 72.4 cm³/mol. The summed E-state index contributed by atoms with van der Waals surface area (Å²) in [5.74, 6) is 0.477. The Morgan fingerprint density at radius 1 is 1.11 bits per heavy atom. The summed E-state index contributed by atoms with van der Waals surface area (Å²) in [7, 11) is 0. The second-order valence-electron chi connectivity index (χ2n) is 3.80. The van der Waals surface area contributed by atoms with Crippen LogP contribution in [0.5, 0.6) is 0 Å². The molecule has 0 radical (unpaired) electrons. The molecule has 0 unspecified atom stereocenters. The molecule has 0 aliphatic heterocycles. The maximum absolute atomic E-state index is 8.87. The number of hydrogen-bond acceptors (Lipinski definition) is 4. The summed E-state index contributed by atoms with van der Waals surface area (Å²) in [6.45, 7) is 0.521. The molecule has 0 aliphatic carbocycles. The third-order valence-corrected chi connectivity index (χ3v) is 2.94. The minimum Gasteiger partial charge on any atom is -0.365 e. The number of rotatable bonds is 3. The summed E-state index contributed by atoms with van der Waals surface area (Å²) in [6.07, 6.45) is 1.53. The largest absolute Gasteiger partial charge is 0.365 e. The first-order valence-corrected chi connectivity index (χ1v) is 5.90. The van der Waals surface area contributed by atoms with E-state index < -0.39 is 0 Å². The highest BCUT2D eigenvalue weighted by atomic mass is 35.5. The third kappa shape index (κ3) is 3.01. The normalized spacial score (nSPS) is 9.42. The summed E-state index contributed by atoms with van der Waals surface area (Å²) < 4.78 is 0. The Labute approximate surface area is 115 Å². The quantitative estimate of drug-likeness (QED) is 0.928. The van der Waals surface area contributed by atoms with Crippen LogP contribution in [0.2, 0.25) is 5.02 Å². The zero-order valence-electron chi connectivity index (χ0n) is 9.89. The zero-order chi connectivity index (χ0) is 13.7. The molecular weight excluding hydrogens is 260 g/mol. The molecular formula is C14H9ClN4. The van der Waals surface area contributed by atoms with Crippen LogP contribution in [0.25, 0.3) is 0 Å².